The quantitative estimate of drug-likeness (QED) is 0.604. The summed E-state index contributed by atoms with van der Waals surface area (Å²) in [5, 5.41) is 3.25. The molecule has 1 aliphatic rings. The van der Waals surface area contributed by atoms with Crippen molar-refractivity contribution in [2.45, 2.75) is 26.3 Å². The molecular weight excluding hydrogens is 267 g/mol. The van der Waals surface area contributed by atoms with E-state index in [0.717, 1.165) is 32.6 Å². The summed E-state index contributed by atoms with van der Waals surface area (Å²) in [6.45, 7) is 7.80. The summed E-state index contributed by atoms with van der Waals surface area (Å²) in [5.41, 5.74) is 0. The Bertz CT molecular complexity index is 202. The predicted octanol–water partition coefficient (Wildman–Crippen LogP) is 1.01. The third-order valence-electron chi connectivity index (χ3n) is 2.51. The number of nitrogens with zero attached hydrogens (tertiary/aromatic N) is 1. The summed E-state index contributed by atoms with van der Waals surface area (Å²) in [6, 6.07) is -0.168. The predicted molar refractivity (Wildman–Crippen MR) is 70.7 cm³/mol. The number of carbonyl (C=O) groups excluding carboxylic acids is 1. The van der Waals surface area contributed by atoms with Crippen molar-refractivity contribution in [3.8, 4) is 0 Å². The van der Waals surface area contributed by atoms with Gasteiger partial charge < -0.3 is 5.32 Å². The van der Waals surface area contributed by atoms with E-state index in [2.05, 4.69) is 15.1 Å². The van der Waals surface area contributed by atoms with Crippen molar-refractivity contribution in [1.29, 1.82) is 0 Å². The van der Waals surface area contributed by atoms with E-state index in [4.69, 9.17) is 4.89 Å². The SMILES string of the molecule is CCOOC(=O)C(CC)N1CCNCC1.Cl.Cl. The van der Waals surface area contributed by atoms with Crippen LogP contribution in [0.15, 0.2) is 0 Å². The lowest BCUT2D eigenvalue weighted by Gasteiger charge is -2.32. The highest BCUT2D eigenvalue weighted by atomic mass is 35.5. The van der Waals surface area contributed by atoms with Crippen molar-refractivity contribution in [2.24, 2.45) is 0 Å². The van der Waals surface area contributed by atoms with Crippen molar-refractivity contribution < 1.29 is 14.6 Å². The van der Waals surface area contributed by atoms with Crippen LogP contribution >= 0.6 is 24.8 Å². The van der Waals surface area contributed by atoms with Crippen LogP contribution in [0.5, 0.6) is 0 Å². The molecule has 104 valence electrons. The van der Waals surface area contributed by atoms with E-state index in [1.165, 1.54) is 0 Å². The van der Waals surface area contributed by atoms with Crippen LogP contribution < -0.4 is 5.32 Å². The first-order chi connectivity index (χ1) is 7.29. The molecule has 0 radical (unpaired) electrons. The monoisotopic (exact) mass is 288 g/mol. The Morgan fingerprint density at radius 2 is 1.88 bits per heavy atom. The molecule has 7 heteroatoms. The Morgan fingerprint density at radius 3 is 2.35 bits per heavy atom. The first-order valence-electron chi connectivity index (χ1n) is 5.57. The normalized spacial score (nSPS) is 17.5. The lowest BCUT2D eigenvalue weighted by atomic mass is 10.1. The number of hydrogen-bond acceptors (Lipinski definition) is 5. The summed E-state index contributed by atoms with van der Waals surface area (Å²) < 4.78 is 0. The molecule has 5 nitrogen and oxygen atoms in total. The van der Waals surface area contributed by atoms with Gasteiger partial charge in [-0.15, -0.1) is 24.8 Å². The molecular formula is C10H22Cl2N2O3. The van der Waals surface area contributed by atoms with Gasteiger partial charge in [0.25, 0.3) is 0 Å². The Balaban J connectivity index is 0. The molecule has 0 amide bonds. The highest BCUT2D eigenvalue weighted by Crippen LogP contribution is 2.07. The maximum Gasteiger partial charge on any atom is 0.359 e. The number of carbonyl (C=O) groups is 1. The van der Waals surface area contributed by atoms with Gasteiger partial charge in [0, 0.05) is 26.2 Å². The summed E-state index contributed by atoms with van der Waals surface area (Å²) >= 11 is 0. The molecule has 1 heterocycles. The van der Waals surface area contributed by atoms with E-state index in [-0.39, 0.29) is 36.8 Å². The fourth-order valence-electron chi connectivity index (χ4n) is 1.74. The van der Waals surface area contributed by atoms with Crippen LogP contribution in [0, 0.1) is 0 Å². The van der Waals surface area contributed by atoms with Gasteiger partial charge in [-0.25, -0.2) is 4.79 Å². The van der Waals surface area contributed by atoms with Gasteiger partial charge >= 0.3 is 5.97 Å². The van der Waals surface area contributed by atoms with Gasteiger partial charge in [0.15, 0.2) is 0 Å². The minimum atomic E-state index is -0.277. The van der Waals surface area contributed by atoms with Gasteiger partial charge in [0.05, 0.1) is 6.61 Å². The molecule has 0 spiro atoms. The number of hydrogen-bond donors (Lipinski definition) is 1. The molecule has 0 aromatic heterocycles. The van der Waals surface area contributed by atoms with Crippen LogP contribution in [0.4, 0.5) is 0 Å². The Morgan fingerprint density at radius 1 is 1.29 bits per heavy atom. The highest BCUT2D eigenvalue weighted by molar-refractivity contribution is 5.85. The second kappa shape index (κ2) is 11.0. The van der Waals surface area contributed by atoms with Crippen LogP contribution in [0.25, 0.3) is 0 Å². The minimum absolute atomic E-state index is 0. The maximum absolute atomic E-state index is 11.6. The highest BCUT2D eigenvalue weighted by Gasteiger charge is 2.27. The van der Waals surface area contributed by atoms with Crippen molar-refractivity contribution in [3.63, 3.8) is 0 Å². The molecule has 1 atom stereocenters. The molecule has 1 rings (SSSR count). The Hall–Kier alpha value is -0.0700. The standard InChI is InChI=1S/C10H20N2O3.2ClH/c1-3-9(10(13)15-14-4-2)12-7-5-11-6-8-12;;/h9,11H,3-8H2,1-2H3;2*1H. The number of halogens is 2. The third-order valence-corrected chi connectivity index (χ3v) is 2.51. The van der Waals surface area contributed by atoms with Crippen LogP contribution in [0.1, 0.15) is 20.3 Å². The summed E-state index contributed by atoms with van der Waals surface area (Å²) in [4.78, 5) is 23.1. The van der Waals surface area contributed by atoms with Crippen LogP contribution in [-0.4, -0.2) is 49.7 Å². The molecule has 0 bridgehead atoms. The van der Waals surface area contributed by atoms with E-state index < -0.39 is 0 Å². The van der Waals surface area contributed by atoms with Crippen molar-refractivity contribution in [3.05, 3.63) is 0 Å². The van der Waals surface area contributed by atoms with Crippen LogP contribution in [-0.2, 0) is 14.6 Å². The molecule has 1 unspecified atom stereocenters. The molecule has 1 fully saturated rings. The zero-order valence-corrected chi connectivity index (χ0v) is 11.9. The molecule has 0 saturated carbocycles. The maximum atomic E-state index is 11.6. The fourth-order valence-corrected chi connectivity index (χ4v) is 1.74. The van der Waals surface area contributed by atoms with Crippen LogP contribution in [0.2, 0.25) is 0 Å². The lowest BCUT2D eigenvalue weighted by molar-refractivity contribution is -0.274. The third kappa shape index (κ3) is 6.43. The largest absolute Gasteiger partial charge is 0.359 e. The zero-order chi connectivity index (χ0) is 11.1. The molecule has 1 N–H and O–H groups in total. The first kappa shape index (κ1) is 19.3. The van der Waals surface area contributed by atoms with Gasteiger partial charge in [-0.3, -0.25) is 9.79 Å². The molecule has 0 aliphatic carbocycles. The van der Waals surface area contributed by atoms with Gasteiger partial charge in [-0.1, -0.05) is 6.92 Å². The van der Waals surface area contributed by atoms with E-state index in [1.807, 2.05) is 6.92 Å². The number of rotatable bonds is 5. The second-order valence-corrected chi connectivity index (χ2v) is 3.52. The summed E-state index contributed by atoms with van der Waals surface area (Å²) in [5.74, 6) is -0.277. The van der Waals surface area contributed by atoms with Crippen molar-refractivity contribution in [2.75, 3.05) is 32.8 Å². The van der Waals surface area contributed by atoms with Crippen LogP contribution in [0.3, 0.4) is 0 Å². The summed E-state index contributed by atoms with van der Waals surface area (Å²) in [7, 11) is 0. The summed E-state index contributed by atoms with van der Waals surface area (Å²) in [6.07, 6.45) is 0.756. The molecule has 0 aromatic carbocycles. The van der Waals surface area contributed by atoms with E-state index in [1.54, 1.807) is 6.92 Å². The molecule has 0 aromatic rings. The van der Waals surface area contributed by atoms with E-state index in [9.17, 15) is 4.79 Å². The van der Waals surface area contributed by atoms with Crippen molar-refractivity contribution in [1.82, 2.24) is 10.2 Å². The number of nitrogens with one attached hydrogen (secondary N) is 1. The molecule has 1 aliphatic heterocycles. The van der Waals surface area contributed by atoms with Gasteiger partial charge in [0.2, 0.25) is 0 Å². The van der Waals surface area contributed by atoms with E-state index >= 15 is 0 Å². The molecule has 1 saturated heterocycles. The Kier molecular flexibility index (Phi) is 12.5. The fraction of sp³-hybridized carbons (Fsp3) is 0.900. The topological polar surface area (TPSA) is 50.8 Å². The average molecular weight is 289 g/mol. The van der Waals surface area contributed by atoms with Gasteiger partial charge in [0.1, 0.15) is 6.04 Å². The van der Waals surface area contributed by atoms with Crippen molar-refractivity contribution >= 4 is 30.8 Å². The van der Waals surface area contributed by atoms with Gasteiger partial charge in [-0.2, -0.15) is 4.89 Å². The van der Waals surface area contributed by atoms with Gasteiger partial charge in [-0.05, 0) is 13.3 Å². The zero-order valence-electron chi connectivity index (χ0n) is 10.3. The average Bonchev–Trinajstić information content (AvgIpc) is 2.29. The van der Waals surface area contributed by atoms with E-state index in [0.29, 0.717) is 6.61 Å². The Labute approximate surface area is 115 Å². The minimum Gasteiger partial charge on any atom is -0.314 e. The smallest absolute Gasteiger partial charge is 0.314 e. The molecule has 17 heavy (non-hydrogen) atoms. The lowest BCUT2D eigenvalue weighted by Crippen LogP contribution is -2.51. The number of piperazine rings is 1. The second-order valence-electron chi connectivity index (χ2n) is 3.52. The first-order valence-corrected chi connectivity index (χ1v) is 5.57.